The van der Waals surface area contributed by atoms with E-state index < -0.39 is 0 Å². The molecule has 0 heterocycles. The topological polar surface area (TPSA) is 52.7 Å². The van der Waals surface area contributed by atoms with Crippen LogP contribution < -0.4 is 15.1 Å². The Kier molecular flexibility index (Phi) is 6.39. The van der Waals surface area contributed by atoms with Crippen molar-refractivity contribution in [3.05, 3.63) is 54.1 Å². The van der Waals surface area contributed by atoms with Gasteiger partial charge in [-0.2, -0.15) is 0 Å². The molecule has 2 amide bonds. The Bertz CT molecular complexity index is 767. The van der Waals surface area contributed by atoms with Gasteiger partial charge in [0.15, 0.2) is 0 Å². The second kappa shape index (κ2) is 8.52. The summed E-state index contributed by atoms with van der Waals surface area (Å²) < 4.78 is 0. The lowest BCUT2D eigenvalue weighted by atomic mass is 10.0. The number of anilines is 3. The zero-order valence-corrected chi connectivity index (χ0v) is 16.1. The summed E-state index contributed by atoms with van der Waals surface area (Å²) in [5.41, 5.74) is 3.60. The van der Waals surface area contributed by atoms with Crippen molar-refractivity contribution < 1.29 is 9.59 Å². The van der Waals surface area contributed by atoms with Crippen LogP contribution in [0.4, 0.5) is 17.1 Å². The monoisotopic (exact) mass is 353 g/mol. The minimum absolute atomic E-state index is 0.0247. The first-order chi connectivity index (χ1) is 12.3. The molecule has 5 heteroatoms. The van der Waals surface area contributed by atoms with Gasteiger partial charge in [0.1, 0.15) is 6.54 Å². The summed E-state index contributed by atoms with van der Waals surface area (Å²) in [6.45, 7) is 5.61. The molecular weight excluding hydrogens is 326 g/mol. The van der Waals surface area contributed by atoms with E-state index in [-0.39, 0.29) is 18.4 Å². The summed E-state index contributed by atoms with van der Waals surface area (Å²) in [4.78, 5) is 28.1. The van der Waals surface area contributed by atoms with Crippen LogP contribution in [0.1, 0.15) is 32.3 Å². The van der Waals surface area contributed by atoms with E-state index in [1.807, 2.05) is 67.5 Å². The molecule has 0 aliphatic carbocycles. The molecule has 0 aliphatic rings. The van der Waals surface area contributed by atoms with E-state index >= 15 is 0 Å². The van der Waals surface area contributed by atoms with Gasteiger partial charge in [0, 0.05) is 38.1 Å². The van der Waals surface area contributed by atoms with Gasteiger partial charge >= 0.3 is 0 Å². The van der Waals surface area contributed by atoms with Crippen molar-refractivity contribution in [2.75, 3.05) is 35.8 Å². The number of hydrogen-bond donors (Lipinski definition) is 1. The molecule has 0 aromatic heterocycles. The number of carbonyl (C=O) groups excluding carboxylic acids is 2. The number of rotatable bonds is 6. The predicted octanol–water partition coefficient (Wildman–Crippen LogP) is 3.87. The molecule has 0 saturated carbocycles. The molecule has 2 aromatic carbocycles. The summed E-state index contributed by atoms with van der Waals surface area (Å²) in [5.74, 6) is -0.0890. The first-order valence-corrected chi connectivity index (χ1v) is 8.74. The third kappa shape index (κ3) is 4.85. The van der Waals surface area contributed by atoms with Crippen LogP contribution in [0.2, 0.25) is 0 Å². The van der Waals surface area contributed by atoms with E-state index in [1.54, 1.807) is 0 Å². The highest BCUT2D eigenvalue weighted by Crippen LogP contribution is 2.24. The van der Waals surface area contributed by atoms with Crippen molar-refractivity contribution >= 4 is 28.9 Å². The molecule has 0 spiro atoms. The fourth-order valence-corrected chi connectivity index (χ4v) is 2.76. The molecule has 2 rings (SSSR count). The minimum atomic E-state index is -0.218. The molecule has 2 aromatic rings. The maximum absolute atomic E-state index is 12.5. The molecule has 0 saturated heterocycles. The van der Waals surface area contributed by atoms with Crippen molar-refractivity contribution in [2.45, 2.75) is 26.7 Å². The number of hydrogen-bond acceptors (Lipinski definition) is 3. The van der Waals surface area contributed by atoms with Gasteiger partial charge in [-0.05, 0) is 41.8 Å². The molecule has 5 nitrogen and oxygen atoms in total. The fourth-order valence-electron chi connectivity index (χ4n) is 2.76. The molecule has 0 radical (unpaired) electrons. The molecule has 0 atom stereocenters. The van der Waals surface area contributed by atoms with Crippen LogP contribution in [-0.2, 0) is 9.59 Å². The van der Waals surface area contributed by atoms with Gasteiger partial charge < -0.3 is 15.1 Å². The van der Waals surface area contributed by atoms with Crippen LogP contribution in [-0.4, -0.2) is 32.5 Å². The van der Waals surface area contributed by atoms with Gasteiger partial charge in [0.25, 0.3) is 0 Å². The average molecular weight is 353 g/mol. The Morgan fingerprint density at radius 2 is 1.54 bits per heavy atom. The summed E-state index contributed by atoms with van der Waals surface area (Å²) in [6, 6.07) is 15.3. The van der Waals surface area contributed by atoms with Crippen LogP contribution >= 0.6 is 0 Å². The Morgan fingerprint density at radius 1 is 0.962 bits per heavy atom. The Hall–Kier alpha value is -2.82. The second-order valence-corrected chi connectivity index (χ2v) is 6.81. The molecule has 0 aliphatic heterocycles. The van der Waals surface area contributed by atoms with Crippen LogP contribution in [0.5, 0.6) is 0 Å². The van der Waals surface area contributed by atoms with Gasteiger partial charge in [-0.25, -0.2) is 0 Å². The lowest BCUT2D eigenvalue weighted by molar-refractivity contribution is -0.120. The van der Waals surface area contributed by atoms with Crippen LogP contribution in [0.3, 0.4) is 0 Å². The van der Waals surface area contributed by atoms with E-state index in [0.29, 0.717) is 11.6 Å². The smallest absolute Gasteiger partial charge is 0.244 e. The standard InChI is InChI=1S/C21H27N3O2/c1-15(2)19-8-6-7-9-20(19)22-21(26)14-24(16(3)25)18-12-10-17(11-13-18)23(4)5/h6-13,15H,14H2,1-5H3,(H,22,26). The molecule has 0 bridgehead atoms. The Morgan fingerprint density at radius 3 is 2.08 bits per heavy atom. The third-order valence-electron chi connectivity index (χ3n) is 4.22. The van der Waals surface area contributed by atoms with Crippen LogP contribution in [0.25, 0.3) is 0 Å². The number of nitrogens with one attached hydrogen (secondary N) is 1. The van der Waals surface area contributed by atoms with Crippen molar-refractivity contribution in [3.8, 4) is 0 Å². The summed E-state index contributed by atoms with van der Waals surface area (Å²) in [5, 5.41) is 2.94. The van der Waals surface area contributed by atoms with Gasteiger partial charge in [0.05, 0.1) is 0 Å². The summed E-state index contributed by atoms with van der Waals surface area (Å²) in [7, 11) is 3.91. The van der Waals surface area contributed by atoms with E-state index in [1.165, 1.54) is 11.8 Å². The van der Waals surface area contributed by atoms with Crippen LogP contribution in [0.15, 0.2) is 48.5 Å². The van der Waals surface area contributed by atoms with E-state index in [0.717, 1.165) is 16.9 Å². The highest BCUT2D eigenvalue weighted by atomic mass is 16.2. The van der Waals surface area contributed by atoms with Crippen molar-refractivity contribution in [3.63, 3.8) is 0 Å². The third-order valence-corrected chi connectivity index (χ3v) is 4.22. The maximum Gasteiger partial charge on any atom is 0.244 e. The molecule has 138 valence electrons. The lowest BCUT2D eigenvalue weighted by Gasteiger charge is -2.22. The quantitative estimate of drug-likeness (QED) is 0.858. The number of amides is 2. The van der Waals surface area contributed by atoms with Crippen molar-refractivity contribution in [1.82, 2.24) is 0 Å². The first-order valence-electron chi connectivity index (χ1n) is 8.74. The first kappa shape index (κ1) is 19.5. The van der Waals surface area contributed by atoms with E-state index in [9.17, 15) is 9.59 Å². The number of nitrogens with zero attached hydrogens (tertiary/aromatic N) is 2. The lowest BCUT2D eigenvalue weighted by Crippen LogP contribution is -2.36. The number of benzene rings is 2. The maximum atomic E-state index is 12.5. The SMILES string of the molecule is CC(=O)N(CC(=O)Nc1ccccc1C(C)C)c1ccc(N(C)C)cc1. The van der Waals surface area contributed by atoms with Crippen molar-refractivity contribution in [2.24, 2.45) is 0 Å². The van der Waals surface area contributed by atoms with E-state index in [4.69, 9.17) is 0 Å². The highest BCUT2D eigenvalue weighted by Gasteiger charge is 2.17. The van der Waals surface area contributed by atoms with Gasteiger partial charge in [-0.15, -0.1) is 0 Å². The molecule has 26 heavy (non-hydrogen) atoms. The number of carbonyl (C=O) groups is 2. The zero-order valence-electron chi connectivity index (χ0n) is 16.1. The number of para-hydroxylation sites is 1. The van der Waals surface area contributed by atoms with Gasteiger partial charge in [-0.3, -0.25) is 9.59 Å². The summed E-state index contributed by atoms with van der Waals surface area (Å²) in [6.07, 6.45) is 0. The summed E-state index contributed by atoms with van der Waals surface area (Å²) >= 11 is 0. The molecular formula is C21H27N3O2. The molecule has 0 unspecified atom stereocenters. The van der Waals surface area contributed by atoms with Crippen LogP contribution in [0, 0.1) is 0 Å². The zero-order chi connectivity index (χ0) is 19.3. The highest BCUT2D eigenvalue weighted by molar-refractivity contribution is 6.02. The average Bonchev–Trinajstić information content (AvgIpc) is 2.59. The van der Waals surface area contributed by atoms with Gasteiger partial charge in [0.2, 0.25) is 11.8 Å². The second-order valence-electron chi connectivity index (χ2n) is 6.81. The Balaban J connectivity index is 2.15. The Labute approximate surface area is 155 Å². The molecule has 1 N–H and O–H groups in total. The van der Waals surface area contributed by atoms with Crippen molar-refractivity contribution in [1.29, 1.82) is 0 Å². The molecule has 0 fully saturated rings. The fraction of sp³-hybridized carbons (Fsp3) is 0.333. The van der Waals surface area contributed by atoms with E-state index in [2.05, 4.69) is 19.2 Å². The predicted molar refractivity (Wildman–Crippen MR) is 108 cm³/mol. The van der Waals surface area contributed by atoms with Gasteiger partial charge in [-0.1, -0.05) is 32.0 Å². The minimum Gasteiger partial charge on any atom is -0.378 e. The normalized spacial score (nSPS) is 10.5. The largest absolute Gasteiger partial charge is 0.378 e.